The van der Waals surface area contributed by atoms with E-state index in [1.807, 2.05) is 13.8 Å². The normalized spacial score (nSPS) is 10.8. The zero-order valence-electron chi connectivity index (χ0n) is 10.2. The summed E-state index contributed by atoms with van der Waals surface area (Å²) in [6, 6.07) is 0. The van der Waals surface area contributed by atoms with E-state index in [1.54, 1.807) is 4.57 Å². The first kappa shape index (κ1) is 12.6. The zero-order chi connectivity index (χ0) is 13.1. The number of nitrogens with zero attached hydrogens (tertiary/aromatic N) is 4. The van der Waals surface area contributed by atoms with Crippen LogP contribution in [0.25, 0.3) is 0 Å². The lowest BCUT2D eigenvalue weighted by atomic mass is 10.2. The van der Waals surface area contributed by atoms with Crippen molar-refractivity contribution in [3.05, 3.63) is 22.4 Å². The van der Waals surface area contributed by atoms with Crippen molar-refractivity contribution in [3.8, 4) is 0 Å². The van der Waals surface area contributed by atoms with Crippen LogP contribution in [0.4, 0.5) is 5.82 Å². The molecule has 3 N–H and O–H groups in total. The summed E-state index contributed by atoms with van der Waals surface area (Å²) in [6.45, 7) is 4.42. The molecule has 0 amide bonds. The Hall–Kier alpha value is -1.83. The number of anilines is 1. The Balaban J connectivity index is 2.40. The van der Waals surface area contributed by atoms with Crippen LogP contribution in [0.3, 0.4) is 0 Å². The Kier molecular flexibility index (Phi) is 3.66. The lowest BCUT2D eigenvalue weighted by molar-refractivity contribution is 0.659. The van der Waals surface area contributed by atoms with Gasteiger partial charge < -0.3 is 5.73 Å². The molecule has 2 heterocycles. The van der Waals surface area contributed by atoms with Crippen molar-refractivity contribution in [3.63, 3.8) is 0 Å². The molecular weight excluding hydrogens is 252 g/mol. The minimum Gasteiger partial charge on any atom is -0.383 e. The maximum Gasteiger partial charge on any atom is 0.343 e. The molecule has 8 heteroatoms. The largest absolute Gasteiger partial charge is 0.383 e. The number of hydrogen-bond acceptors (Lipinski definition) is 6. The number of rotatable bonds is 4. The van der Waals surface area contributed by atoms with Gasteiger partial charge in [-0.05, 0) is 25.1 Å². The molecule has 0 saturated heterocycles. The van der Waals surface area contributed by atoms with Crippen LogP contribution in [0.2, 0.25) is 0 Å². The second-order valence-electron chi connectivity index (χ2n) is 3.55. The molecular formula is C10H14N6OS. The van der Waals surface area contributed by atoms with Gasteiger partial charge in [0.15, 0.2) is 5.16 Å². The molecule has 0 fully saturated rings. The van der Waals surface area contributed by atoms with Gasteiger partial charge in [0, 0.05) is 12.1 Å². The van der Waals surface area contributed by atoms with Crippen molar-refractivity contribution >= 4 is 17.6 Å². The third-order valence-electron chi connectivity index (χ3n) is 2.52. The van der Waals surface area contributed by atoms with E-state index in [0.29, 0.717) is 17.5 Å². The summed E-state index contributed by atoms with van der Waals surface area (Å²) in [5.41, 5.74) is 6.45. The fourth-order valence-corrected chi connectivity index (χ4v) is 2.63. The Labute approximate surface area is 108 Å². The molecule has 0 aliphatic heterocycles. The van der Waals surface area contributed by atoms with Crippen molar-refractivity contribution in [1.82, 2.24) is 24.7 Å². The number of aromatic nitrogens is 5. The molecule has 0 spiro atoms. The maximum atomic E-state index is 11.5. The standard InChI is InChI=1S/C10H14N6OS/c1-3-6-7(11)12-5-13-8(6)18-10-15-14-9(17)16(10)4-2/h5H,3-4H2,1-2H3,(H,14,17)(H2,11,12,13). The Bertz CT molecular complexity index is 605. The van der Waals surface area contributed by atoms with E-state index < -0.39 is 0 Å². The highest BCUT2D eigenvalue weighted by Crippen LogP contribution is 2.28. The van der Waals surface area contributed by atoms with Gasteiger partial charge in [-0.15, -0.1) is 5.10 Å². The third-order valence-corrected chi connectivity index (χ3v) is 3.56. The zero-order valence-corrected chi connectivity index (χ0v) is 11.0. The van der Waals surface area contributed by atoms with Gasteiger partial charge in [0.25, 0.3) is 0 Å². The quantitative estimate of drug-likeness (QED) is 0.789. The summed E-state index contributed by atoms with van der Waals surface area (Å²) in [5, 5.41) is 7.71. The lowest BCUT2D eigenvalue weighted by Gasteiger charge is -2.07. The van der Waals surface area contributed by atoms with Gasteiger partial charge in [0.2, 0.25) is 0 Å². The van der Waals surface area contributed by atoms with Gasteiger partial charge in [-0.25, -0.2) is 19.9 Å². The summed E-state index contributed by atoms with van der Waals surface area (Å²) in [6.07, 6.45) is 2.15. The monoisotopic (exact) mass is 266 g/mol. The summed E-state index contributed by atoms with van der Waals surface area (Å²) in [4.78, 5) is 19.6. The summed E-state index contributed by atoms with van der Waals surface area (Å²) in [5.74, 6) is 0.468. The van der Waals surface area contributed by atoms with Crippen molar-refractivity contribution in [2.24, 2.45) is 0 Å². The maximum absolute atomic E-state index is 11.5. The molecule has 2 aromatic rings. The molecule has 18 heavy (non-hydrogen) atoms. The van der Waals surface area contributed by atoms with E-state index in [9.17, 15) is 4.79 Å². The first-order valence-corrected chi connectivity index (χ1v) is 6.41. The highest BCUT2D eigenvalue weighted by atomic mass is 32.2. The highest BCUT2D eigenvalue weighted by molar-refractivity contribution is 7.99. The van der Waals surface area contributed by atoms with Crippen LogP contribution in [-0.2, 0) is 13.0 Å². The number of nitrogens with two attached hydrogens (primary N) is 1. The SMILES string of the molecule is CCc1c(N)ncnc1Sc1n[nH]c(=O)n1CC. The van der Waals surface area contributed by atoms with Gasteiger partial charge in [-0.2, -0.15) is 0 Å². The molecule has 0 unspecified atom stereocenters. The first-order chi connectivity index (χ1) is 8.67. The second-order valence-corrected chi connectivity index (χ2v) is 4.51. The molecule has 2 aromatic heterocycles. The van der Waals surface area contributed by atoms with E-state index in [2.05, 4.69) is 20.2 Å². The number of H-pyrrole nitrogens is 1. The fraction of sp³-hybridized carbons (Fsp3) is 0.400. The predicted octanol–water partition coefficient (Wildman–Crippen LogP) is 0.677. The topological polar surface area (TPSA) is 102 Å². The van der Waals surface area contributed by atoms with Crippen LogP contribution in [0.15, 0.2) is 21.3 Å². The highest BCUT2D eigenvalue weighted by Gasteiger charge is 2.13. The minimum atomic E-state index is -0.222. The van der Waals surface area contributed by atoms with Crippen molar-refractivity contribution in [2.75, 3.05) is 5.73 Å². The fourth-order valence-electron chi connectivity index (χ4n) is 1.58. The Morgan fingerprint density at radius 3 is 2.89 bits per heavy atom. The number of hydrogen-bond donors (Lipinski definition) is 2. The number of aromatic amines is 1. The van der Waals surface area contributed by atoms with E-state index in [-0.39, 0.29) is 5.69 Å². The van der Waals surface area contributed by atoms with Gasteiger partial charge >= 0.3 is 5.69 Å². The van der Waals surface area contributed by atoms with E-state index >= 15 is 0 Å². The van der Waals surface area contributed by atoms with Crippen molar-refractivity contribution < 1.29 is 0 Å². The number of nitrogen functional groups attached to an aromatic ring is 1. The molecule has 0 aliphatic rings. The first-order valence-electron chi connectivity index (χ1n) is 5.59. The van der Waals surface area contributed by atoms with Crippen LogP contribution in [0, 0.1) is 0 Å². The van der Waals surface area contributed by atoms with Gasteiger partial charge in [0.05, 0.1) is 0 Å². The van der Waals surface area contributed by atoms with Crippen LogP contribution in [-0.4, -0.2) is 24.7 Å². The Morgan fingerprint density at radius 2 is 2.22 bits per heavy atom. The number of nitrogens with one attached hydrogen (secondary N) is 1. The Morgan fingerprint density at radius 1 is 1.44 bits per heavy atom. The van der Waals surface area contributed by atoms with Crippen LogP contribution < -0.4 is 11.4 Å². The molecule has 0 bridgehead atoms. The molecule has 7 nitrogen and oxygen atoms in total. The lowest BCUT2D eigenvalue weighted by Crippen LogP contribution is -2.16. The molecule has 0 saturated carbocycles. The summed E-state index contributed by atoms with van der Waals surface area (Å²) >= 11 is 1.31. The third kappa shape index (κ3) is 2.23. The van der Waals surface area contributed by atoms with E-state index in [4.69, 9.17) is 5.73 Å². The molecule has 0 radical (unpaired) electrons. The summed E-state index contributed by atoms with van der Waals surface area (Å²) < 4.78 is 1.54. The predicted molar refractivity (Wildman–Crippen MR) is 68.5 cm³/mol. The minimum absolute atomic E-state index is 0.222. The summed E-state index contributed by atoms with van der Waals surface area (Å²) in [7, 11) is 0. The van der Waals surface area contributed by atoms with Crippen molar-refractivity contribution in [2.45, 2.75) is 37.0 Å². The molecule has 0 aliphatic carbocycles. The van der Waals surface area contributed by atoms with Gasteiger partial charge in [-0.3, -0.25) is 4.57 Å². The van der Waals surface area contributed by atoms with Crippen LogP contribution in [0.5, 0.6) is 0 Å². The van der Waals surface area contributed by atoms with E-state index in [1.165, 1.54) is 18.1 Å². The van der Waals surface area contributed by atoms with E-state index in [0.717, 1.165) is 17.0 Å². The second kappa shape index (κ2) is 5.21. The van der Waals surface area contributed by atoms with Gasteiger partial charge in [0.1, 0.15) is 17.2 Å². The van der Waals surface area contributed by atoms with Crippen LogP contribution in [0.1, 0.15) is 19.4 Å². The van der Waals surface area contributed by atoms with Crippen molar-refractivity contribution in [1.29, 1.82) is 0 Å². The molecule has 96 valence electrons. The molecule has 0 atom stereocenters. The molecule has 0 aromatic carbocycles. The van der Waals surface area contributed by atoms with Gasteiger partial charge in [-0.1, -0.05) is 6.92 Å². The molecule has 2 rings (SSSR count). The smallest absolute Gasteiger partial charge is 0.343 e. The average molecular weight is 266 g/mol. The average Bonchev–Trinajstić information content (AvgIpc) is 2.70. The van der Waals surface area contributed by atoms with Crippen LogP contribution >= 0.6 is 11.8 Å².